The fourth-order valence-corrected chi connectivity index (χ4v) is 2.31. The maximum absolute atomic E-state index is 12.4. The summed E-state index contributed by atoms with van der Waals surface area (Å²) in [6.07, 6.45) is 0. The predicted octanol–water partition coefficient (Wildman–Crippen LogP) is -0.0837. The topological polar surface area (TPSA) is 129 Å². The third-order valence-electron chi connectivity index (χ3n) is 3.60. The molecule has 0 fully saturated rings. The molecule has 10 nitrogen and oxygen atoms in total. The summed E-state index contributed by atoms with van der Waals surface area (Å²) in [4.78, 5) is 34.7. The summed E-state index contributed by atoms with van der Waals surface area (Å²) in [5.74, 6) is 0.334. The molecule has 0 bridgehead atoms. The van der Waals surface area contributed by atoms with Gasteiger partial charge in [-0.25, -0.2) is 4.79 Å². The molecule has 1 heterocycles. The van der Waals surface area contributed by atoms with Crippen LogP contribution in [-0.2, 0) is 13.6 Å². The quantitative estimate of drug-likeness (QED) is 0.528. The normalized spacial score (nSPS) is 10.5. The largest absolute Gasteiger partial charge is 0.490 e. The van der Waals surface area contributed by atoms with Crippen molar-refractivity contribution in [1.82, 2.24) is 9.13 Å². The van der Waals surface area contributed by atoms with Gasteiger partial charge in [-0.1, -0.05) is 6.07 Å². The number of ether oxygens (including phenoxy) is 1. The van der Waals surface area contributed by atoms with E-state index < -0.39 is 16.2 Å². The fourth-order valence-electron chi connectivity index (χ4n) is 2.31. The van der Waals surface area contributed by atoms with Gasteiger partial charge in [-0.05, 0) is 11.6 Å². The smallest absolute Gasteiger partial charge is 0.332 e. The molecule has 0 aliphatic heterocycles. The minimum atomic E-state index is -0.577. The minimum Gasteiger partial charge on any atom is -0.490 e. The van der Waals surface area contributed by atoms with Crippen molar-refractivity contribution in [3.8, 4) is 5.75 Å². The average Bonchev–Trinajstić information content (AvgIpc) is 2.60. The number of nitrogens with one attached hydrogen (secondary N) is 1. The van der Waals surface area contributed by atoms with Crippen LogP contribution in [0.15, 0.2) is 33.9 Å². The average molecular weight is 350 g/mol. The molecule has 2 N–H and O–H groups in total. The van der Waals surface area contributed by atoms with Crippen LogP contribution in [0.5, 0.6) is 5.75 Å². The second kappa shape index (κ2) is 7.62. The molecule has 0 radical (unpaired) electrons. The Labute approximate surface area is 142 Å². The van der Waals surface area contributed by atoms with Crippen LogP contribution in [0.25, 0.3) is 0 Å². The molecule has 25 heavy (non-hydrogen) atoms. The van der Waals surface area contributed by atoms with Crippen LogP contribution >= 0.6 is 0 Å². The van der Waals surface area contributed by atoms with Gasteiger partial charge in [0.25, 0.3) is 5.56 Å². The first kappa shape index (κ1) is 18.2. The lowest BCUT2D eigenvalue weighted by molar-refractivity contribution is -0.385. The lowest BCUT2D eigenvalue weighted by Crippen LogP contribution is -2.39. The second-order valence-electron chi connectivity index (χ2n) is 5.21. The third kappa shape index (κ3) is 3.86. The fraction of sp³-hybridized carbons (Fsp3) is 0.333. The van der Waals surface area contributed by atoms with E-state index in [-0.39, 0.29) is 37.0 Å². The number of hydrogen-bond donors (Lipinski definition) is 2. The van der Waals surface area contributed by atoms with Crippen LogP contribution in [-0.4, -0.2) is 39.4 Å². The number of aliphatic hydroxyl groups is 1. The summed E-state index contributed by atoms with van der Waals surface area (Å²) in [5.41, 5.74) is -0.808. The zero-order chi connectivity index (χ0) is 18.6. The molecule has 0 unspecified atom stereocenters. The number of nitro benzene ring substituents is 1. The highest BCUT2D eigenvalue weighted by atomic mass is 16.6. The predicted molar refractivity (Wildman–Crippen MR) is 90.3 cm³/mol. The summed E-state index contributed by atoms with van der Waals surface area (Å²) >= 11 is 0. The molecule has 1 aromatic heterocycles. The number of anilines is 1. The summed E-state index contributed by atoms with van der Waals surface area (Å²) in [5, 5.41) is 22.9. The molecule has 134 valence electrons. The molecule has 2 aromatic rings. The highest BCUT2D eigenvalue weighted by Gasteiger charge is 2.17. The first-order chi connectivity index (χ1) is 11.9. The number of methoxy groups -OCH3 is 1. The van der Waals surface area contributed by atoms with Crippen molar-refractivity contribution in [1.29, 1.82) is 0 Å². The van der Waals surface area contributed by atoms with E-state index in [2.05, 4.69) is 5.32 Å². The Bertz CT molecular complexity index is 902. The third-order valence-corrected chi connectivity index (χ3v) is 3.60. The summed E-state index contributed by atoms with van der Waals surface area (Å²) in [6, 6.07) is 5.59. The van der Waals surface area contributed by atoms with Gasteiger partial charge in [-0.2, -0.15) is 0 Å². The Morgan fingerprint density at radius 2 is 2.04 bits per heavy atom. The molecule has 2 rings (SSSR count). The molecule has 0 aliphatic rings. The number of aromatic nitrogens is 2. The highest BCUT2D eigenvalue weighted by Crippen LogP contribution is 2.27. The van der Waals surface area contributed by atoms with E-state index in [0.29, 0.717) is 5.56 Å². The molecule has 0 saturated carbocycles. The Morgan fingerprint density at radius 1 is 1.32 bits per heavy atom. The minimum absolute atomic E-state index is 0.00551. The van der Waals surface area contributed by atoms with Crippen molar-refractivity contribution in [2.45, 2.75) is 6.54 Å². The maximum atomic E-state index is 12.4. The van der Waals surface area contributed by atoms with Crippen LogP contribution in [0.2, 0.25) is 0 Å². The Morgan fingerprint density at radius 3 is 2.64 bits per heavy atom. The van der Waals surface area contributed by atoms with Gasteiger partial charge in [0.15, 0.2) is 5.75 Å². The Hall–Kier alpha value is -3.14. The lowest BCUT2D eigenvalue weighted by atomic mass is 10.2. The molecule has 0 spiro atoms. The van der Waals surface area contributed by atoms with Crippen LogP contribution in [0, 0.1) is 10.1 Å². The summed E-state index contributed by atoms with van der Waals surface area (Å²) in [7, 11) is 2.67. The van der Waals surface area contributed by atoms with Gasteiger partial charge in [0, 0.05) is 25.7 Å². The van der Waals surface area contributed by atoms with Crippen molar-refractivity contribution in [3.05, 3.63) is 60.8 Å². The van der Waals surface area contributed by atoms with Crippen molar-refractivity contribution < 1.29 is 14.8 Å². The van der Waals surface area contributed by atoms with Crippen LogP contribution in [0.1, 0.15) is 5.56 Å². The molecular weight excluding hydrogens is 332 g/mol. The van der Waals surface area contributed by atoms with E-state index in [1.54, 1.807) is 6.07 Å². The zero-order valence-electron chi connectivity index (χ0n) is 13.8. The van der Waals surface area contributed by atoms with E-state index in [0.717, 1.165) is 4.57 Å². The lowest BCUT2D eigenvalue weighted by Gasteiger charge is -2.15. The molecule has 0 saturated heterocycles. The summed E-state index contributed by atoms with van der Waals surface area (Å²) < 4.78 is 7.15. The van der Waals surface area contributed by atoms with Gasteiger partial charge in [-0.15, -0.1) is 0 Å². The second-order valence-corrected chi connectivity index (χ2v) is 5.21. The van der Waals surface area contributed by atoms with Gasteiger partial charge in [0.05, 0.1) is 25.2 Å². The summed E-state index contributed by atoms with van der Waals surface area (Å²) in [6.45, 7) is -0.0294. The highest BCUT2D eigenvalue weighted by molar-refractivity contribution is 5.49. The number of nitrogens with zero attached hydrogens (tertiary/aromatic N) is 3. The molecule has 0 atom stereocenters. The van der Waals surface area contributed by atoms with Gasteiger partial charge >= 0.3 is 11.4 Å². The first-order valence-electron chi connectivity index (χ1n) is 7.36. The van der Waals surface area contributed by atoms with E-state index in [1.807, 2.05) is 0 Å². The van der Waals surface area contributed by atoms with Crippen molar-refractivity contribution in [2.24, 2.45) is 7.05 Å². The van der Waals surface area contributed by atoms with Gasteiger partial charge in [0.2, 0.25) is 0 Å². The number of rotatable bonds is 7. The molecule has 10 heteroatoms. The van der Waals surface area contributed by atoms with Crippen molar-refractivity contribution in [2.75, 3.05) is 25.6 Å². The van der Waals surface area contributed by atoms with E-state index in [1.165, 1.54) is 36.9 Å². The SMILES string of the molecule is COc1ccc(Cn2c(NCCO)cc(=O)n(C)c2=O)cc1[N+](=O)[O-]. The first-order valence-corrected chi connectivity index (χ1v) is 7.36. The van der Waals surface area contributed by atoms with Crippen LogP contribution < -0.4 is 21.3 Å². The van der Waals surface area contributed by atoms with E-state index in [4.69, 9.17) is 9.84 Å². The van der Waals surface area contributed by atoms with Crippen molar-refractivity contribution in [3.63, 3.8) is 0 Å². The number of benzene rings is 1. The van der Waals surface area contributed by atoms with Gasteiger partial charge in [0.1, 0.15) is 5.82 Å². The van der Waals surface area contributed by atoms with E-state index in [9.17, 15) is 19.7 Å². The molecular formula is C15H18N4O6. The maximum Gasteiger partial charge on any atom is 0.332 e. The Balaban J connectivity index is 2.51. The van der Waals surface area contributed by atoms with E-state index >= 15 is 0 Å². The monoisotopic (exact) mass is 350 g/mol. The van der Waals surface area contributed by atoms with Crippen molar-refractivity contribution >= 4 is 11.5 Å². The number of hydrogen-bond acceptors (Lipinski definition) is 7. The van der Waals surface area contributed by atoms with Crippen LogP contribution in [0.3, 0.4) is 0 Å². The standard InChI is InChI=1S/C15H18N4O6/c1-17-14(21)8-13(16-5-6-20)18(15(17)22)9-10-3-4-12(25-2)11(7-10)19(23)24/h3-4,7-8,16,20H,5-6,9H2,1-2H3. The van der Waals surface area contributed by atoms with Gasteiger partial charge < -0.3 is 15.2 Å². The zero-order valence-corrected chi connectivity index (χ0v) is 13.8. The molecule has 0 amide bonds. The Kier molecular flexibility index (Phi) is 5.55. The number of aliphatic hydroxyl groups excluding tert-OH is 1. The van der Waals surface area contributed by atoms with Crippen LogP contribution in [0.4, 0.5) is 11.5 Å². The van der Waals surface area contributed by atoms with Gasteiger partial charge in [-0.3, -0.25) is 24.0 Å². The molecule has 1 aromatic carbocycles. The molecule has 0 aliphatic carbocycles. The number of nitro groups is 1.